The molecule has 3 rings (SSSR count). The third kappa shape index (κ3) is 4.09. The molecule has 0 heterocycles. The van der Waals surface area contributed by atoms with Crippen LogP contribution in [0, 0.1) is 11.7 Å². The van der Waals surface area contributed by atoms with Gasteiger partial charge >= 0.3 is 6.03 Å². The lowest BCUT2D eigenvalue weighted by molar-refractivity contribution is 0.181. The van der Waals surface area contributed by atoms with Gasteiger partial charge in [-0.25, -0.2) is 9.18 Å². The van der Waals surface area contributed by atoms with Crippen molar-refractivity contribution in [3.05, 3.63) is 66.0 Å². The molecule has 23 heavy (non-hydrogen) atoms. The summed E-state index contributed by atoms with van der Waals surface area (Å²) in [5, 5.41) is 2.87. The molecule has 2 aromatic carbocycles. The first-order valence-electron chi connectivity index (χ1n) is 8.00. The van der Waals surface area contributed by atoms with Crippen LogP contribution in [0.4, 0.5) is 14.9 Å². The van der Waals surface area contributed by atoms with Crippen LogP contribution in [0.2, 0.25) is 0 Å². The zero-order chi connectivity index (χ0) is 16.2. The molecular weight excluding hydrogens is 291 g/mol. The van der Waals surface area contributed by atoms with E-state index in [1.165, 1.54) is 25.0 Å². The number of halogens is 1. The maximum absolute atomic E-state index is 13.0. The smallest absolute Gasteiger partial charge is 0.317 e. The number of carbonyl (C=O) groups is 1. The molecule has 1 fully saturated rings. The maximum Gasteiger partial charge on any atom is 0.322 e. The normalized spacial score (nSPS) is 15.0. The molecule has 0 radical (unpaired) electrons. The zero-order valence-corrected chi connectivity index (χ0v) is 13.2. The molecule has 1 aliphatic carbocycles. The van der Waals surface area contributed by atoms with E-state index in [-0.39, 0.29) is 17.9 Å². The number of rotatable bonds is 5. The summed E-state index contributed by atoms with van der Waals surface area (Å²) < 4.78 is 13.0. The maximum atomic E-state index is 13.0. The minimum Gasteiger partial charge on any atom is -0.317 e. The molecule has 2 amide bonds. The van der Waals surface area contributed by atoms with Gasteiger partial charge in [-0.1, -0.05) is 30.3 Å². The van der Waals surface area contributed by atoms with E-state index in [2.05, 4.69) is 12.2 Å². The third-order valence-corrected chi connectivity index (χ3v) is 4.35. The number of nitrogens with zero attached hydrogens (tertiary/aromatic N) is 1. The van der Waals surface area contributed by atoms with Crippen molar-refractivity contribution in [1.29, 1.82) is 0 Å². The molecule has 0 spiro atoms. The summed E-state index contributed by atoms with van der Waals surface area (Å²) in [6.07, 6.45) is 2.35. The molecule has 1 atom stereocenters. The minimum absolute atomic E-state index is 0.139. The van der Waals surface area contributed by atoms with Crippen molar-refractivity contribution in [2.24, 2.45) is 5.92 Å². The average molecular weight is 312 g/mol. The van der Waals surface area contributed by atoms with Gasteiger partial charge in [-0.3, -0.25) is 0 Å². The molecule has 4 heteroatoms. The Balaban J connectivity index is 1.73. The monoisotopic (exact) mass is 312 g/mol. The van der Waals surface area contributed by atoms with Gasteiger partial charge in [0, 0.05) is 18.3 Å². The minimum atomic E-state index is -0.310. The average Bonchev–Trinajstić information content (AvgIpc) is 3.40. The standard InChI is InChI=1S/C19H21FN2O/c1-14(16-7-8-16)22(13-15-5-3-2-4-6-15)19(23)21-18-11-9-17(20)10-12-18/h2-6,9-12,14,16H,7-8,13H2,1H3,(H,21,23). The molecular formula is C19H21FN2O. The van der Waals surface area contributed by atoms with Crippen LogP contribution in [0.15, 0.2) is 54.6 Å². The van der Waals surface area contributed by atoms with Crippen molar-refractivity contribution in [2.45, 2.75) is 32.4 Å². The van der Waals surface area contributed by atoms with E-state index >= 15 is 0 Å². The van der Waals surface area contributed by atoms with E-state index in [0.717, 1.165) is 5.56 Å². The fourth-order valence-electron chi connectivity index (χ4n) is 2.74. The first-order valence-corrected chi connectivity index (χ1v) is 8.00. The SMILES string of the molecule is CC(C1CC1)N(Cc1ccccc1)C(=O)Nc1ccc(F)cc1. The first-order chi connectivity index (χ1) is 11.1. The van der Waals surface area contributed by atoms with Gasteiger partial charge < -0.3 is 10.2 Å². The Bertz CT molecular complexity index is 653. The van der Waals surface area contributed by atoms with Crippen LogP contribution in [0.3, 0.4) is 0 Å². The predicted octanol–water partition coefficient (Wildman–Crippen LogP) is 4.66. The summed E-state index contributed by atoms with van der Waals surface area (Å²) >= 11 is 0. The van der Waals surface area contributed by atoms with Crippen molar-refractivity contribution in [3.8, 4) is 0 Å². The number of carbonyl (C=O) groups excluding carboxylic acids is 1. The third-order valence-electron chi connectivity index (χ3n) is 4.35. The van der Waals surface area contributed by atoms with E-state index in [1.54, 1.807) is 12.1 Å². The number of benzene rings is 2. The van der Waals surface area contributed by atoms with E-state index in [9.17, 15) is 9.18 Å². The topological polar surface area (TPSA) is 32.3 Å². The summed E-state index contributed by atoms with van der Waals surface area (Å²) in [5.41, 5.74) is 1.71. The molecule has 1 unspecified atom stereocenters. The molecule has 0 saturated heterocycles. The van der Waals surface area contributed by atoms with Gasteiger partial charge in [0.05, 0.1) is 0 Å². The number of urea groups is 1. The predicted molar refractivity (Wildman–Crippen MR) is 89.6 cm³/mol. The van der Waals surface area contributed by atoms with Crippen molar-refractivity contribution in [1.82, 2.24) is 4.90 Å². The van der Waals surface area contributed by atoms with Gasteiger partial charge in [-0.05, 0) is 55.5 Å². The van der Waals surface area contributed by atoms with Gasteiger partial charge in [-0.2, -0.15) is 0 Å². The van der Waals surface area contributed by atoms with Crippen LogP contribution in [0.5, 0.6) is 0 Å². The largest absolute Gasteiger partial charge is 0.322 e. The molecule has 1 saturated carbocycles. The molecule has 2 aromatic rings. The summed E-state index contributed by atoms with van der Waals surface area (Å²) in [6, 6.07) is 15.9. The number of hydrogen-bond acceptors (Lipinski definition) is 1. The first kappa shape index (κ1) is 15.5. The summed E-state index contributed by atoms with van der Waals surface area (Å²) in [5.74, 6) is 0.271. The molecule has 1 aliphatic rings. The van der Waals surface area contributed by atoms with Crippen LogP contribution >= 0.6 is 0 Å². The quantitative estimate of drug-likeness (QED) is 0.855. The van der Waals surface area contributed by atoms with Gasteiger partial charge in [0.2, 0.25) is 0 Å². The van der Waals surface area contributed by atoms with Crippen LogP contribution in [-0.4, -0.2) is 17.0 Å². The summed E-state index contributed by atoms with van der Waals surface area (Å²) in [7, 11) is 0. The zero-order valence-electron chi connectivity index (χ0n) is 13.2. The van der Waals surface area contributed by atoms with E-state index in [0.29, 0.717) is 18.2 Å². The Hall–Kier alpha value is -2.36. The van der Waals surface area contributed by atoms with E-state index in [1.807, 2.05) is 35.2 Å². The van der Waals surface area contributed by atoms with Crippen molar-refractivity contribution < 1.29 is 9.18 Å². The Labute approximate surface area is 136 Å². The number of nitrogens with one attached hydrogen (secondary N) is 1. The molecule has 0 aliphatic heterocycles. The van der Waals surface area contributed by atoms with Gasteiger partial charge in [0.25, 0.3) is 0 Å². The highest BCUT2D eigenvalue weighted by Gasteiger charge is 2.34. The Morgan fingerprint density at radius 2 is 1.83 bits per heavy atom. The Morgan fingerprint density at radius 1 is 1.17 bits per heavy atom. The van der Waals surface area contributed by atoms with Crippen molar-refractivity contribution in [2.75, 3.05) is 5.32 Å². The second-order valence-electron chi connectivity index (χ2n) is 6.13. The van der Waals surface area contributed by atoms with Crippen molar-refractivity contribution in [3.63, 3.8) is 0 Å². The highest BCUT2D eigenvalue weighted by molar-refractivity contribution is 5.89. The highest BCUT2D eigenvalue weighted by atomic mass is 19.1. The van der Waals surface area contributed by atoms with Gasteiger partial charge in [-0.15, -0.1) is 0 Å². The molecule has 0 aromatic heterocycles. The van der Waals surface area contributed by atoms with Gasteiger partial charge in [0.15, 0.2) is 0 Å². The van der Waals surface area contributed by atoms with Crippen LogP contribution in [-0.2, 0) is 6.54 Å². The highest BCUT2D eigenvalue weighted by Crippen LogP contribution is 2.36. The van der Waals surface area contributed by atoms with Crippen LogP contribution < -0.4 is 5.32 Å². The summed E-state index contributed by atoms with van der Waals surface area (Å²) in [4.78, 5) is 14.6. The van der Waals surface area contributed by atoms with Crippen LogP contribution in [0.25, 0.3) is 0 Å². The molecule has 120 valence electrons. The number of anilines is 1. The van der Waals surface area contributed by atoms with Crippen LogP contribution in [0.1, 0.15) is 25.3 Å². The fraction of sp³-hybridized carbons (Fsp3) is 0.316. The lowest BCUT2D eigenvalue weighted by Gasteiger charge is -2.29. The number of hydrogen-bond donors (Lipinski definition) is 1. The lowest BCUT2D eigenvalue weighted by Crippen LogP contribution is -2.42. The molecule has 1 N–H and O–H groups in total. The van der Waals surface area contributed by atoms with Crippen molar-refractivity contribution >= 4 is 11.7 Å². The molecule has 0 bridgehead atoms. The van der Waals surface area contributed by atoms with E-state index < -0.39 is 0 Å². The second kappa shape index (κ2) is 6.82. The second-order valence-corrected chi connectivity index (χ2v) is 6.13. The molecule has 3 nitrogen and oxygen atoms in total. The summed E-state index contributed by atoms with van der Waals surface area (Å²) in [6.45, 7) is 2.68. The fourth-order valence-corrected chi connectivity index (χ4v) is 2.74. The van der Waals surface area contributed by atoms with Gasteiger partial charge in [0.1, 0.15) is 5.82 Å². The lowest BCUT2D eigenvalue weighted by atomic mass is 10.1. The van der Waals surface area contributed by atoms with E-state index in [4.69, 9.17) is 0 Å². The Morgan fingerprint density at radius 3 is 2.43 bits per heavy atom. The Kier molecular flexibility index (Phi) is 4.60. The number of amides is 2.